The fourth-order valence-electron chi connectivity index (χ4n) is 3.19. The molecule has 0 atom stereocenters. The largest absolute Gasteiger partial charge is 0.494 e. The van der Waals surface area contributed by atoms with Gasteiger partial charge in [0.2, 0.25) is 0 Å². The second kappa shape index (κ2) is 11.7. The summed E-state index contributed by atoms with van der Waals surface area (Å²) in [5.74, 6) is 1.30. The van der Waals surface area contributed by atoms with Crippen LogP contribution in [0.2, 0.25) is 0 Å². The Kier molecular flexibility index (Phi) is 8.39. The number of aromatic nitrogens is 1. The van der Waals surface area contributed by atoms with Gasteiger partial charge in [-0.2, -0.15) is 5.10 Å². The minimum absolute atomic E-state index is 0.590. The number of methoxy groups -OCH3 is 1. The molecule has 0 bridgehead atoms. The van der Waals surface area contributed by atoms with Crippen molar-refractivity contribution in [1.29, 1.82) is 0 Å². The molecular formula is C25H30N4O. The third-order valence-electron chi connectivity index (χ3n) is 4.86. The number of amidine groups is 1. The third-order valence-corrected chi connectivity index (χ3v) is 4.86. The second-order valence-electron chi connectivity index (χ2n) is 7.15. The van der Waals surface area contributed by atoms with E-state index >= 15 is 0 Å². The lowest BCUT2D eigenvalue weighted by atomic mass is 10.1. The molecule has 2 aromatic carbocycles. The van der Waals surface area contributed by atoms with Gasteiger partial charge in [-0.15, -0.1) is 0 Å². The quantitative estimate of drug-likeness (QED) is 0.188. The molecule has 0 amide bonds. The summed E-state index contributed by atoms with van der Waals surface area (Å²) in [7, 11) is 1.65. The summed E-state index contributed by atoms with van der Waals surface area (Å²) in [5.41, 5.74) is 5.49. The Labute approximate surface area is 178 Å². The molecule has 5 heteroatoms. The number of hydrogen-bond donors (Lipinski definition) is 1. The molecule has 0 aliphatic carbocycles. The molecule has 1 N–H and O–H groups in total. The zero-order chi connectivity index (χ0) is 21.0. The number of fused-ring (bicyclic) bond motifs is 1. The Bertz CT molecular complexity index is 997. The fraction of sp³-hybridized carbons (Fsp3) is 0.320. The molecule has 30 heavy (non-hydrogen) atoms. The molecule has 0 aliphatic heterocycles. The van der Waals surface area contributed by atoms with Crippen LogP contribution in [0.4, 0.5) is 5.69 Å². The molecule has 3 rings (SSSR count). The first-order valence-electron chi connectivity index (χ1n) is 10.7. The molecule has 0 unspecified atom stereocenters. The minimum Gasteiger partial charge on any atom is -0.494 e. The molecule has 0 aliphatic rings. The topological polar surface area (TPSA) is 58.9 Å². The summed E-state index contributed by atoms with van der Waals surface area (Å²) in [6.45, 7) is 2.23. The first-order chi connectivity index (χ1) is 14.8. The predicted octanol–water partition coefficient (Wildman–Crippen LogP) is 6.26. The molecule has 0 fully saturated rings. The van der Waals surface area contributed by atoms with Crippen molar-refractivity contribution in [2.75, 3.05) is 7.11 Å². The maximum Gasteiger partial charge on any atom is 0.173 e. The van der Waals surface area contributed by atoms with Crippen molar-refractivity contribution in [3.05, 3.63) is 66.4 Å². The van der Waals surface area contributed by atoms with Gasteiger partial charge < -0.3 is 4.74 Å². The summed E-state index contributed by atoms with van der Waals surface area (Å²) in [4.78, 5) is 9.54. The fourth-order valence-corrected chi connectivity index (χ4v) is 3.19. The number of unbranched alkanes of at least 4 members (excludes halogenated alkanes) is 5. The van der Waals surface area contributed by atoms with Crippen molar-refractivity contribution in [3.63, 3.8) is 0 Å². The van der Waals surface area contributed by atoms with Crippen LogP contribution in [0.5, 0.6) is 5.75 Å². The Hall–Kier alpha value is -3.21. The SMILES string of the molecule is CCCCCCCC=NNC(=Nc1ccccc1OC)c1ccc2ccccc2n1. The average Bonchev–Trinajstić information content (AvgIpc) is 2.80. The molecule has 1 aromatic heterocycles. The predicted molar refractivity (Wildman–Crippen MR) is 126 cm³/mol. The second-order valence-corrected chi connectivity index (χ2v) is 7.15. The highest BCUT2D eigenvalue weighted by Crippen LogP contribution is 2.27. The minimum atomic E-state index is 0.590. The number of nitrogens with one attached hydrogen (secondary N) is 1. The summed E-state index contributed by atoms with van der Waals surface area (Å²) >= 11 is 0. The van der Waals surface area contributed by atoms with Gasteiger partial charge in [-0.05, 0) is 37.1 Å². The van der Waals surface area contributed by atoms with Gasteiger partial charge in [0.05, 0.1) is 12.6 Å². The van der Waals surface area contributed by atoms with E-state index in [4.69, 9.17) is 14.7 Å². The molecule has 156 valence electrons. The van der Waals surface area contributed by atoms with E-state index in [0.29, 0.717) is 11.6 Å². The number of para-hydroxylation sites is 3. The molecule has 1 heterocycles. The van der Waals surface area contributed by atoms with Crippen molar-refractivity contribution in [2.45, 2.75) is 45.4 Å². The number of nitrogens with zero attached hydrogens (tertiary/aromatic N) is 3. The van der Waals surface area contributed by atoms with Crippen molar-refractivity contribution >= 4 is 28.6 Å². The van der Waals surface area contributed by atoms with Gasteiger partial charge in [0, 0.05) is 11.6 Å². The number of aliphatic imine (C=N–C) groups is 1. The number of rotatable bonds is 10. The van der Waals surface area contributed by atoms with Crippen LogP contribution in [0.15, 0.2) is 70.8 Å². The highest BCUT2D eigenvalue weighted by Gasteiger charge is 2.08. The Morgan fingerprint density at radius 2 is 1.77 bits per heavy atom. The van der Waals surface area contributed by atoms with Crippen LogP contribution in [0.25, 0.3) is 10.9 Å². The maximum atomic E-state index is 5.45. The Morgan fingerprint density at radius 3 is 2.63 bits per heavy atom. The van der Waals surface area contributed by atoms with E-state index in [1.165, 1.54) is 25.7 Å². The van der Waals surface area contributed by atoms with Gasteiger partial charge in [-0.1, -0.05) is 69.0 Å². The number of hydrogen-bond acceptors (Lipinski definition) is 4. The van der Waals surface area contributed by atoms with E-state index in [0.717, 1.165) is 35.1 Å². The molecule has 5 nitrogen and oxygen atoms in total. The lowest BCUT2D eigenvalue weighted by Gasteiger charge is -2.09. The van der Waals surface area contributed by atoms with Crippen LogP contribution in [-0.2, 0) is 0 Å². The van der Waals surface area contributed by atoms with E-state index in [2.05, 4.69) is 23.5 Å². The van der Waals surface area contributed by atoms with Gasteiger partial charge in [0.25, 0.3) is 0 Å². The lowest BCUT2D eigenvalue weighted by molar-refractivity contribution is 0.416. The summed E-state index contributed by atoms with van der Waals surface area (Å²) in [6, 6.07) is 19.7. The molecule has 3 aromatic rings. The van der Waals surface area contributed by atoms with Crippen LogP contribution in [0.1, 0.15) is 51.1 Å². The number of hydrazone groups is 1. The standard InChI is InChI=1S/C25H30N4O/c1-3-4-5-6-7-12-19-26-29-25(28-22-15-10-11-16-24(22)30-2)23-18-17-20-13-8-9-14-21(20)27-23/h8-11,13-19H,3-7,12H2,1-2H3,(H,28,29). The van der Waals surface area contributed by atoms with E-state index in [9.17, 15) is 0 Å². The van der Waals surface area contributed by atoms with Crippen molar-refractivity contribution in [2.24, 2.45) is 10.1 Å². The van der Waals surface area contributed by atoms with Crippen LogP contribution in [-0.4, -0.2) is 24.1 Å². The number of benzene rings is 2. The van der Waals surface area contributed by atoms with Crippen LogP contribution in [0.3, 0.4) is 0 Å². The van der Waals surface area contributed by atoms with Gasteiger partial charge in [-0.25, -0.2) is 9.98 Å². The average molecular weight is 403 g/mol. The van der Waals surface area contributed by atoms with Crippen LogP contribution >= 0.6 is 0 Å². The zero-order valence-corrected chi connectivity index (χ0v) is 17.8. The lowest BCUT2D eigenvalue weighted by Crippen LogP contribution is -2.20. The molecule has 0 radical (unpaired) electrons. The van der Waals surface area contributed by atoms with Gasteiger partial charge in [0.15, 0.2) is 5.84 Å². The summed E-state index contributed by atoms with van der Waals surface area (Å²) in [6.07, 6.45) is 9.12. The smallest absolute Gasteiger partial charge is 0.173 e. The van der Waals surface area contributed by atoms with E-state index in [-0.39, 0.29) is 0 Å². The normalized spacial score (nSPS) is 11.9. The first kappa shape index (κ1) is 21.5. The van der Waals surface area contributed by atoms with Crippen molar-refractivity contribution < 1.29 is 4.74 Å². The summed E-state index contributed by atoms with van der Waals surface area (Å²) < 4.78 is 5.45. The Morgan fingerprint density at radius 1 is 0.967 bits per heavy atom. The van der Waals surface area contributed by atoms with E-state index in [1.54, 1.807) is 7.11 Å². The highest BCUT2D eigenvalue weighted by molar-refractivity contribution is 6.00. The number of ether oxygens (including phenoxy) is 1. The molecule has 0 spiro atoms. The molecular weight excluding hydrogens is 372 g/mol. The third kappa shape index (κ3) is 6.14. The molecule has 0 saturated carbocycles. The van der Waals surface area contributed by atoms with Crippen molar-refractivity contribution in [3.8, 4) is 5.75 Å². The number of pyridine rings is 1. The van der Waals surface area contributed by atoms with Gasteiger partial charge in [-0.3, -0.25) is 5.43 Å². The molecule has 0 saturated heterocycles. The van der Waals surface area contributed by atoms with E-state index in [1.807, 2.05) is 60.8 Å². The van der Waals surface area contributed by atoms with Gasteiger partial charge >= 0.3 is 0 Å². The Balaban J connectivity index is 1.80. The van der Waals surface area contributed by atoms with Crippen LogP contribution in [0, 0.1) is 0 Å². The van der Waals surface area contributed by atoms with E-state index < -0.39 is 0 Å². The highest BCUT2D eigenvalue weighted by atomic mass is 16.5. The summed E-state index contributed by atoms with van der Waals surface area (Å²) in [5, 5.41) is 5.50. The van der Waals surface area contributed by atoms with Crippen LogP contribution < -0.4 is 10.2 Å². The van der Waals surface area contributed by atoms with Gasteiger partial charge in [0.1, 0.15) is 17.1 Å². The van der Waals surface area contributed by atoms with Crippen molar-refractivity contribution in [1.82, 2.24) is 10.4 Å². The zero-order valence-electron chi connectivity index (χ0n) is 17.8. The first-order valence-corrected chi connectivity index (χ1v) is 10.7. The monoisotopic (exact) mass is 402 g/mol. The maximum absolute atomic E-state index is 5.45.